The molecule has 0 saturated heterocycles. The van der Waals surface area contributed by atoms with E-state index in [0.717, 1.165) is 5.56 Å². The topological polar surface area (TPSA) is 65.9 Å². The standard InChI is InChI=1S/C22H27BrFN3O3/c1-14-10-27(15(2)13-28)22(29)19-8-17(23)9-25-21(19)30-20(14)12-26(3)11-16-5-4-6-18(24)7-16/h4-9,14-15,20,28H,10-13H2,1-3H3/t14-,15-,20+/m1/s1. The minimum atomic E-state index is -0.324. The van der Waals surface area contributed by atoms with Crippen LogP contribution in [0.4, 0.5) is 4.39 Å². The molecule has 0 spiro atoms. The van der Waals surface area contributed by atoms with E-state index in [0.29, 0.717) is 29.7 Å². The second-order valence-corrected chi connectivity index (χ2v) is 8.87. The number of pyridine rings is 1. The molecule has 1 aromatic carbocycles. The van der Waals surface area contributed by atoms with Gasteiger partial charge in [-0.05, 0) is 53.7 Å². The lowest BCUT2D eigenvalue weighted by Gasteiger charge is -2.37. The van der Waals surface area contributed by atoms with E-state index in [-0.39, 0.29) is 42.3 Å². The molecule has 2 aromatic rings. The quantitative estimate of drug-likeness (QED) is 0.688. The fraction of sp³-hybridized carbons (Fsp3) is 0.455. The number of aliphatic hydroxyl groups is 1. The molecule has 2 heterocycles. The van der Waals surface area contributed by atoms with E-state index < -0.39 is 0 Å². The van der Waals surface area contributed by atoms with Gasteiger partial charge in [0.25, 0.3) is 5.91 Å². The molecule has 0 unspecified atom stereocenters. The Kier molecular flexibility index (Phi) is 7.44. The molecule has 0 fully saturated rings. The van der Waals surface area contributed by atoms with E-state index in [9.17, 15) is 14.3 Å². The van der Waals surface area contributed by atoms with Crippen LogP contribution >= 0.6 is 15.9 Å². The summed E-state index contributed by atoms with van der Waals surface area (Å²) >= 11 is 3.37. The molecule has 1 aliphatic heterocycles. The van der Waals surface area contributed by atoms with Crippen molar-refractivity contribution in [2.45, 2.75) is 32.5 Å². The second-order valence-electron chi connectivity index (χ2n) is 7.96. The van der Waals surface area contributed by atoms with Crippen LogP contribution in [0.1, 0.15) is 29.8 Å². The van der Waals surface area contributed by atoms with E-state index in [4.69, 9.17) is 4.74 Å². The molecule has 1 N–H and O–H groups in total. The molecule has 1 aromatic heterocycles. The number of likely N-dealkylation sites (N-methyl/N-ethyl adjacent to an activating group) is 1. The van der Waals surface area contributed by atoms with Gasteiger partial charge in [-0.15, -0.1) is 0 Å². The van der Waals surface area contributed by atoms with Crippen molar-refractivity contribution < 1.29 is 19.0 Å². The predicted molar refractivity (Wildman–Crippen MR) is 116 cm³/mol. The first-order valence-corrected chi connectivity index (χ1v) is 10.7. The lowest BCUT2D eigenvalue weighted by atomic mass is 10.00. The number of carbonyl (C=O) groups is 1. The van der Waals surface area contributed by atoms with Crippen LogP contribution in [0.3, 0.4) is 0 Å². The molecule has 6 nitrogen and oxygen atoms in total. The Labute approximate surface area is 184 Å². The van der Waals surface area contributed by atoms with E-state index >= 15 is 0 Å². The summed E-state index contributed by atoms with van der Waals surface area (Å²) < 4.78 is 20.4. The Hall–Kier alpha value is -2.03. The third kappa shape index (κ3) is 5.36. The van der Waals surface area contributed by atoms with Gasteiger partial charge in [-0.3, -0.25) is 9.69 Å². The molecular weight excluding hydrogens is 453 g/mol. The summed E-state index contributed by atoms with van der Waals surface area (Å²) in [5.74, 6) is -0.184. The average Bonchev–Trinajstić information content (AvgIpc) is 2.70. The predicted octanol–water partition coefficient (Wildman–Crippen LogP) is 3.34. The molecule has 162 valence electrons. The van der Waals surface area contributed by atoms with Crippen molar-refractivity contribution in [3.05, 3.63) is 57.9 Å². The Morgan fingerprint density at radius 2 is 2.20 bits per heavy atom. The van der Waals surface area contributed by atoms with Gasteiger partial charge in [0, 0.05) is 36.2 Å². The molecule has 1 amide bonds. The third-order valence-electron chi connectivity index (χ3n) is 5.32. The lowest BCUT2D eigenvalue weighted by molar-refractivity contribution is 0.0325. The van der Waals surface area contributed by atoms with Crippen LogP contribution in [-0.2, 0) is 6.54 Å². The minimum absolute atomic E-state index is 0.00323. The van der Waals surface area contributed by atoms with E-state index in [2.05, 4.69) is 25.8 Å². The molecule has 0 radical (unpaired) electrons. The fourth-order valence-corrected chi connectivity index (χ4v) is 3.94. The SMILES string of the molecule is C[C@@H]1CN([C@H](C)CO)C(=O)c2cc(Br)cnc2O[C@H]1CN(C)Cc1cccc(F)c1. The first-order chi connectivity index (χ1) is 14.3. The Morgan fingerprint density at radius 3 is 2.90 bits per heavy atom. The maximum absolute atomic E-state index is 13.5. The van der Waals surface area contributed by atoms with E-state index in [1.54, 1.807) is 23.2 Å². The van der Waals surface area contributed by atoms with Crippen LogP contribution in [0.25, 0.3) is 0 Å². The average molecular weight is 480 g/mol. The number of fused-ring (bicyclic) bond motifs is 1. The van der Waals surface area contributed by atoms with Crippen molar-refractivity contribution in [2.75, 3.05) is 26.7 Å². The van der Waals surface area contributed by atoms with Crippen molar-refractivity contribution in [1.29, 1.82) is 0 Å². The van der Waals surface area contributed by atoms with Gasteiger partial charge in [0.2, 0.25) is 5.88 Å². The number of aliphatic hydroxyl groups excluding tert-OH is 1. The van der Waals surface area contributed by atoms with Gasteiger partial charge in [0.15, 0.2) is 0 Å². The van der Waals surface area contributed by atoms with Crippen molar-refractivity contribution >= 4 is 21.8 Å². The van der Waals surface area contributed by atoms with Crippen LogP contribution in [0.2, 0.25) is 0 Å². The lowest BCUT2D eigenvalue weighted by Crippen LogP contribution is -2.49. The summed E-state index contributed by atoms with van der Waals surface area (Å²) in [6.07, 6.45) is 1.36. The number of benzene rings is 1. The van der Waals surface area contributed by atoms with Crippen molar-refractivity contribution in [1.82, 2.24) is 14.8 Å². The number of ether oxygens (including phenoxy) is 1. The van der Waals surface area contributed by atoms with Crippen molar-refractivity contribution in [3.8, 4) is 5.88 Å². The number of halogens is 2. The maximum Gasteiger partial charge on any atom is 0.259 e. The summed E-state index contributed by atoms with van der Waals surface area (Å²) in [6.45, 7) is 5.31. The number of rotatable bonds is 6. The zero-order valence-corrected chi connectivity index (χ0v) is 19.0. The van der Waals surface area contributed by atoms with Crippen molar-refractivity contribution in [2.24, 2.45) is 5.92 Å². The molecule has 8 heteroatoms. The van der Waals surface area contributed by atoms with Gasteiger partial charge in [-0.25, -0.2) is 9.37 Å². The van der Waals surface area contributed by atoms with Crippen LogP contribution in [-0.4, -0.2) is 64.7 Å². The number of hydrogen-bond donors (Lipinski definition) is 1. The Morgan fingerprint density at radius 1 is 1.43 bits per heavy atom. The zero-order valence-electron chi connectivity index (χ0n) is 17.4. The summed E-state index contributed by atoms with van der Waals surface area (Å²) in [6, 6.07) is 7.92. The summed E-state index contributed by atoms with van der Waals surface area (Å²) in [7, 11) is 1.95. The molecule has 0 bridgehead atoms. The van der Waals surface area contributed by atoms with Gasteiger partial charge in [-0.2, -0.15) is 0 Å². The minimum Gasteiger partial charge on any atom is -0.472 e. The van der Waals surface area contributed by atoms with Crippen LogP contribution in [0, 0.1) is 11.7 Å². The highest BCUT2D eigenvalue weighted by molar-refractivity contribution is 9.10. The maximum atomic E-state index is 13.5. The van der Waals surface area contributed by atoms with Crippen LogP contribution < -0.4 is 4.74 Å². The summed E-state index contributed by atoms with van der Waals surface area (Å²) in [4.78, 5) is 21.2. The van der Waals surface area contributed by atoms with Crippen LogP contribution in [0.15, 0.2) is 41.0 Å². The van der Waals surface area contributed by atoms with Gasteiger partial charge >= 0.3 is 0 Å². The molecule has 3 atom stereocenters. The number of aromatic nitrogens is 1. The zero-order chi connectivity index (χ0) is 21.8. The van der Waals surface area contributed by atoms with Gasteiger partial charge < -0.3 is 14.7 Å². The molecule has 30 heavy (non-hydrogen) atoms. The highest BCUT2D eigenvalue weighted by Crippen LogP contribution is 2.28. The summed E-state index contributed by atoms with van der Waals surface area (Å²) in [5, 5.41) is 9.66. The number of nitrogens with zero attached hydrogens (tertiary/aromatic N) is 3. The first kappa shape index (κ1) is 22.7. The fourth-order valence-electron chi connectivity index (χ4n) is 3.61. The molecule has 0 aliphatic carbocycles. The van der Waals surface area contributed by atoms with Crippen molar-refractivity contribution in [3.63, 3.8) is 0 Å². The summed E-state index contributed by atoms with van der Waals surface area (Å²) in [5.41, 5.74) is 1.25. The second kappa shape index (κ2) is 9.85. The molecule has 3 rings (SSSR count). The largest absolute Gasteiger partial charge is 0.472 e. The molecular formula is C22H27BrFN3O3. The molecule has 0 saturated carbocycles. The number of carbonyl (C=O) groups excluding carboxylic acids is 1. The van der Waals surface area contributed by atoms with Crippen LogP contribution in [0.5, 0.6) is 5.88 Å². The Bertz CT molecular complexity index is 898. The first-order valence-electron chi connectivity index (χ1n) is 9.95. The van der Waals surface area contributed by atoms with E-state index in [1.807, 2.05) is 27.0 Å². The van der Waals surface area contributed by atoms with E-state index in [1.165, 1.54) is 12.1 Å². The third-order valence-corrected chi connectivity index (χ3v) is 5.75. The monoisotopic (exact) mass is 479 g/mol. The highest BCUT2D eigenvalue weighted by atomic mass is 79.9. The highest BCUT2D eigenvalue weighted by Gasteiger charge is 2.34. The smallest absolute Gasteiger partial charge is 0.259 e. The normalized spacial score (nSPS) is 20.4. The van der Waals surface area contributed by atoms with Gasteiger partial charge in [0.05, 0.1) is 12.6 Å². The number of hydrogen-bond acceptors (Lipinski definition) is 5. The van der Waals surface area contributed by atoms with Gasteiger partial charge in [0.1, 0.15) is 17.5 Å². The number of amides is 1. The molecule has 1 aliphatic rings. The Balaban J connectivity index is 1.85. The van der Waals surface area contributed by atoms with Gasteiger partial charge in [-0.1, -0.05) is 19.1 Å².